The van der Waals surface area contributed by atoms with Crippen molar-refractivity contribution in [1.82, 2.24) is 10.2 Å². The Morgan fingerprint density at radius 1 is 1.27 bits per heavy atom. The fraction of sp³-hybridized carbons (Fsp3) is 0.471. The van der Waals surface area contributed by atoms with Crippen LogP contribution >= 0.6 is 11.8 Å². The van der Waals surface area contributed by atoms with Gasteiger partial charge in [0.2, 0.25) is 5.91 Å². The number of rotatable bonds is 6. The molecule has 0 spiro atoms. The summed E-state index contributed by atoms with van der Waals surface area (Å²) in [6.07, 6.45) is 0.445. The first-order chi connectivity index (χ1) is 12.3. The summed E-state index contributed by atoms with van der Waals surface area (Å²) in [5, 5.41) is 2.36. The van der Waals surface area contributed by atoms with Crippen molar-refractivity contribution in [3.63, 3.8) is 0 Å². The first kappa shape index (κ1) is 18.9. The van der Waals surface area contributed by atoms with Crippen molar-refractivity contribution in [3.8, 4) is 0 Å². The van der Waals surface area contributed by atoms with E-state index in [1.54, 1.807) is 31.2 Å². The summed E-state index contributed by atoms with van der Waals surface area (Å²) >= 11 is 1.33. The van der Waals surface area contributed by atoms with Crippen LogP contribution in [-0.4, -0.2) is 66.1 Å². The second-order valence-corrected chi connectivity index (χ2v) is 10.1. The van der Waals surface area contributed by atoms with E-state index in [0.717, 1.165) is 0 Å². The van der Waals surface area contributed by atoms with Crippen LogP contribution in [0.1, 0.15) is 34.1 Å². The standard InChI is InChI=1S/C17H20N2O5S2/c1-11(15(20)18-12-6-9-26(23,24)10-12)25-8-7-19-16(21)13-4-2-3-5-14(13)17(19)22/h2-5,11-12H,6-10H2,1H3,(H,18,20)/t11-,12+/m1/s1. The van der Waals surface area contributed by atoms with E-state index < -0.39 is 15.1 Å². The highest BCUT2D eigenvalue weighted by Crippen LogP contribution is 2.23. The summed E-state index contributed by atoms with van der Waals surface area (Å²) < 4.78 is 22.9. The third-order valence-corrected chi connectivity index (χ3v) is 7.41. The Balaban J connectivity index is 1.47. The Labute approximate surface area is 156 Å². The zero-order valence-electron chi connectivity index (χ0n) is 14.3. The highest BCUT2D eigenvalue weighted by atomic mass is 32.2. The van der Waals surface area contributed by atoms with E-state index >= 15 is 0 Å². The second-order valence-electron chi connectivity index (χ2n) is 6.43. The van der Waals surface area contributed by atoms with Crippen molar-refractivity contribution in [2.45, 2.75) is 24.6 Å². The molecule has 3 amide bonds. The number of nitrogens with zero attached hydrogens (tertiary/aromatic N) is 1. The van der Waals surface area contributed by atoms with Gasteiger partial charge in [-0.1, -0.05) is 12.1 Å². The predicted molar refractivity (Wildman–Crippen MR) is 98.9 cm³/mol. The lowest BCUT2D eigenvalue weighted by molar-refractivity contribution is -0.120. The van der Waals surface area contributed by atoms with Gasteiger partial charge in [-0.3, -0.25) is 19.3 Å². The Morgan fingerprint density at radius 3 is 2.42 bits per heavy atom. The molecule has 3 rings (SSSR count). The smallest absolute Gasteiger partial charge is 0.261 e. The molecule has 2 heterocycles. The molecule has 2 aliphatic rings. The monoisotopic (exact) mass is 396 g/mol. The lowest BCUT2D eigenvalue weighted by atomic mass is 10.1. The van der Waals surface area contributed by atoms with Crippen LogP contribution in [0.2, 0.25) is 0 Å². The van der Waals surface area contributed by atoms with Gasteiger partial charge >= 0.3 is 0 Å². The van der Waals surface area contributed by atoms with Crippen molar-refractivity contribution in [2.24, 2.45) is 0 Å². The first-order valence-corrected chi connectivity index (χ1v) is 11.2. The minimum Gasteiger partial charge on any atom is -0.351 e. The van der Waals surface area contributed by atoms with Crippen LogP contribution in [0.3, 0.4) is 0 Å². The molecule has 0 unspecified atom stereocenters. The Bertz CT molecular complexity index is 817. The summed E-state index contributed by atoms with van der Waals surface area (Å²) in [7, 11) is -3.04. The number of nitrogens with one attached hydrogen (secondary N) is 1. The minimum absolute atomic E-state index is 0.00876. The molecule has 1 aromatic rings. The van der Waals surface area contributed by atoms with Gasteiger partial charge in [0.05, 0.1) is 27.9 Å². The molecular formula is C17H20N2O5S2. The summed E-state index contributed by atoms with van der Waals surface area (Å²) in [6, 6.07) is 6.38. The fourth-order valence-electron chi connectivity index (χ4n) is 3.07. The number of carbonyl (C=O) groups is 3. The van der Waals surface area contributed by atoms with Crippen LogP contribution in [0, 0.1) is 0 Å². The van der Waals surface area contributed by atoms with Crippen molar-refractivity contribution in [3.05, 3.63) is 35.4 Å². The molecule has 9 heteroatoms. The molecule has 140 valence electrons. The van der Waals surface area contributed by atoms with Gasteiger partial charge < -0.3 is 5.32 Å². The van der Waals surface area contributed by atoms with E-state index in [-0.39, 0.29) is 41.8 Å². The lowest BCUT2D eigenvalue weighted by Gasteiger charge is -2.17. The number of benzene rings is 1. The molecule has 1 N–H and O–H groups in total. The number of sulfone groups is 1. The third-order valence-electron chi connectivity index (χ3n) is 4.51. The average molecular weight is 396 g/mol. The summed E-state index contributed by atoms with van der Waals surface area (Å²) in [5.41, 5.74) is 0.825. The maximum Gasteiger partial charge on any atom is 0.261 e. The van der Waals surface area contributed by atoms with E-state index in [2.05, 4.69) is 5.32 Å². The van der Waals surface area contributed by atoms with Crippen molar-refractivity contribution in [1.29, 1.82) is 0 Å². The van der Waals surface area contributed by atoms with Crippen molar-refractivity contribution < 1.29 is 22.8 Å². The number of carbonyl (C=O) groups excluding carboxylic acids is 3. The Kier molecular flexibility index (Phi) is 5.38. The molecule has 1 aromatic carbocycles. The molecule has 1 saturated heterocycles. The number of thioether (sulfide) groups is 1. The minimum atomic E-state index is -3.04. The van der Waals surface area contributed by atoms with Gasteiger partial charge in [0, 0.05) is 18.3 Å². The van der Waals surface area contributed by atoms with Crippen LogP contribution in [0.5, 0.6) is 0 Å². The topological polar surface area (TPSA) is 101 Å². The molecule has 26 heavy (non-hydrogen) atoms. The summed E-state index contributed by atoms with van der Waals surface area (Å²) in [5.74, 6) is -0.300. The van der Waals surface area contributed by atoms with Gasteiger partial charge in [-0.15, -0.1) is 11.8 Å². The molecule has 0 bridgehead atoms. The predicted octanol–water partition coefficient (Wildman–Crippen LogP) is 0.708. The quantitative estimate of drug-likeness (QED) is 0.711. The number of amides is 3. The zero-order valence-corrected chi connectivity index (χ0v) is 15.9. The van der Waals surface area contributed by atoms with Crippen molar-refractivity contribution in [2.75, 3.05) is 23.8 Å². The number of imide groups is 1. The molecule has 2 aliphatic heterocycles. The van der Waals surface area contributed by atoms with Crippen LogP contribution in [0.15, 0.2) is 24.3 Å². The Hall–Kier alpha value is -1.87. The maximum atomic E-state index is 12.3. The van der Waals surface area contributed by atoms with Crippen LogP contribution in [0.4, 0.5) is 0 Å². The molecule has 0 radical (unpaired) electrons. The molecule has 7 nitrogen and oxygen atoms in total. The molecule has 0 saturated carbocycles. The van der Waals surface area contributed by atoms with Crippen LogP contribution in [0.25, 0.3) is 0 Å². The second kappa shape index (κ2) is 7.40. The Morgan fingerprint density at radius 2 is 1.88 bits per heavy atom. The maximum absolute atomic E-state index is 12.3. The van der Waals surface area contributed by atoms with E-state index in [1.165, 1.54) is 16.7 Å². The van der Waals surface area contributed by atoms with Crippen molar-refractivity contribution >= 4 is 39.3 Å². The lowest BCUT2D eigenvalue weighted by Crippen LogP contribution is -2.40. The van der Waals surface area contributed by atoms with E-state index in [0.29, 0.717) is 23.3 Å². The number of fused-ring (bicyclic) bond motifs is 1. The molecule has 1 fully saturated rings. The summed E-state index contributed by atoms with van der Waals surface area (Å²) in [4.78, 5) is 37.9. The zero-order chi connectivity index (χ0) is 18.9. The van der Waals surface area contributed by atoms with E-state index in [4.69, 9.17) is 0 Å². The number of hydrogen-bond donors (Lipinski definition) is 1. The average Bonchev–Trinajstić information content (AvgIpc) is 3.06. The van der Waals surface area contributed by atoms with E-state index in [9.17, 15) is 22.8 Å². The van der Waals surface area contributed by atoms with Crippen LogP contribution < -0.4 is 5.32 Å². The normalized spacial score (nSPS) is 22.3. The highest BCUT2D eigenvalue weighted by Gasteiger charge is 2.35. The largest absolute Gasteiger partial charge is 0.351 e. The summed E-state index contributed by atoms with van der Waals surface area (Å²) in [6.45, 7) is 1.96. The highest BCUT2D eigenvalue weighted by molar-refractivity contribution is 8.00. The molecule has 0 aromatic heterocycles. The van der Waals surface area contributed by atoms with Gasteiger partial charge in [-0.2, -0.15) is 0 Å². The first-order valence-electron chi connectivity index (χ1n) is 8.36. The van der Waals surface area contributed by atoms with Gasteiger partial charge in [-0.05, 0) is 25.5 Å². The SMILES string of the molecule is C[C@@H](SCCN1C(=O)c2ccccc2C1=O)C(=O)N[C@H]1CCS(=O)(=O)C1. The van der Waals surface area contributed by atoms with Gasteiger partial charge in [0.15, 0.2) is 9.84 Å². The molecule has 0 aliphatic carbocycles. The third kappa shape index (κ3) is 3.93. The van der Waals surface area contributed by atoms with Gasteiger partial charge in [0.25, 0.3) is 11.8 Å². The van der Waals surface area contributed by atoms with E-state index in [1.807, 2.05) is 0 Å². The molecule has 2 atom stereocenters. The number of hydrogen-bond acceptors (Lipinski definition) is 6. The van der Waals surface area contributed by atoms with Gasteiger partial charge in [0.1, 0.15) is 0 Å². The van der Waals surface area contributed by atoms with Gasteiger partial charge in [-0.25, -0.2) is 8.42 Å². The molecular weight excluding hydrogens is 376 g/mol. The fourth-order valence-corrected chi connectivity index (χ4v) is 5.60. The van der Waals surface area contributed by atoms with Crippen LogP contribution in [-0.2, 0) is 14.6 Å².